The monoisotopic (exact) mass is 206 g/mol. The predicted molar refractivity (Wildman–Crippen MR) is 56.3 cm³/mol. The molecule has 4 heteroatoms. The van der Waals surface area contributed by atoms with Gasteiger partial charge in [0.05, 0.1) is 5.92 Å². The summed E-state index contributed by atoms with van der Waals surface area (Å²) in [5, 5.41) is 15.0. The SMILES string of the molecule is O=C(NCc1ccc(O)cc1)C1CNC1. The van der Waals surface area contributed by atoms with E-state index in [0.717, 1.165) is 18.7 Å². The molecule has 0 unspecified atom stereocenters. The fourth-order valence-electron chi connectivity index (χ4n) is 1.42. The van der Waals surface area contributed by atoms with Crippen molar-refractivity contribution in [3.8, 4) is 5.75 Å². The highest BCUT2D eigenvalue weighted by Gasteiger charge is 2.24. The smallest absolute Gasteiger partial charge is 0.225 e. The van der Waals surface area contributed by atoms with Crippen LogP contribution in [0.15, 0.2) is 24.3 Å². The summed E-state index contributed by atoms with van der Waals surface area (Å²) < 4.78 is 0. The Morgan fingerprint density at radius 2 is 2.07 bits per heavy atom. The molecule has 0 saturated carbocycles. The van der Waals surface area contributed by atoms with Crippen molar-refractivity contribution < 1.29 is 9.90 Å². The summed E-state index contributed by atoms with van der Waals surface area (Å²) >= 11 is 0. The number of nitrogens with one attached hydrogen (secondary N) is 2. The van der Waals surface area contributed by atoms with Crippen LogP contribution in [0.1, 0.15) is 5.56 Å². The Morgan fingerprint density at radius 3 is 2.60 bits per heavy atom. The van der Waals surface area contributed by atoms with Crippen LogP contribution in [0.5, 0.6) is 5.75 Å². The van der Waals surface area contributed by atoms with E-state index in [0.29, 0.717) is 6.54 Å². The molecule has 4 nitrogen and oxygen atoms in total. The minimum atomic E-state index is 0.0989. The zero-order valence-electron chi connectivity index (χ0n) is 8.36. The summed E-state index contributed by atoms with van der Waals surface area (Å²) in [5.74, 6) is 0.470. The zero-order valence-corrected chi connectivity index (χ0v) is 8.36. The summed E-state index contributed by atoms with van der Waals surface area (Å²) in [6.45, 7) is 2.08. The Kier molecular flexibility index (Phi) is 2.87. The number of phenolic OH excluding ortho intramolecular Hbond substituents is 1. The zero-order chi connectivity index (χ0) is 10.7. The molecule has 0 radical (unpaired) electrons. The number of carbonyl (C=O) groups is 1. The van der Waals surface area contributed by atoms with Crippen LogP contribution in [0, 0.1) is 5.92 Å². The third-order valence-electron chi connectivity index (χ3n) is 2.56. The summed E-state index contributed by atoms with van der Waals surface area (Å²) in [4.78, 5) is 11.5. The Balaban J connectivity index is 1.82. The van der Waals surface area contributed by atoms with Crippen molar-refractivity contribution in [3.63, 3.8) is 0 Å². The standard InChI is InChI=1S/C11H14N2O2/c14-10-3-1-8(2-4-10)5-13-11(15)9-6-12-7-9/h1-4,9,12,14H,5-7H2,(H,13,15). The fourth-order valence-corrected chi connectivity index (χ4v) is 1.42. The van der Waals surface area contributed by atoms with Crippen LogP contribution in [0.4, 0.5) is 0 Å². The van der Waals surface area contributed by atoms with E-state index in [9.17, 15) is 4.79 Å². The summed E-state index contributed by atoms with van der Waals surface area (Å²) in [6, 6.07) is 6.84. The lowest BCUT2D eigenvalue weighted by Gasteiger charge is -2.25. The molecule has 0 bridgehead atoms. The topological polar surface area (TPSA) is 61.4 Å². The first kappa shape index (κ1) is 9.98. The molecular formula is C11H14N2O2. The second kappa shape index (κ2) is 4.31. The lowest BCUT2D eigenvalue weighted by Crippen LogP contribution is -2.50. The van der Waals surface area contributed by atoms with Gasteiger partial charge >= 0.3 is 0 Å². The van der Waals surface area contributed by atoms with Crippen LogP contribution in [0.2, 0.25) is 0 Å². The largest absolute Gasteiger partial charge is 0.508 e. The Bertz CT molecular complexity index is 344. The highest BCUT2D eigenvalue weighted by Crippen LogP contribution is 2.09. The van der Waals surface area contributed by atoms with E-state index >= 15 is 0 Å². The van der Waals surface area contributed by atoms with Crippen LogP contribution < -0.4 is 10.6 Å². The Labute approximate surface area is 88.3 Å². The molecule has 0 aromatic heterocycles. The predicted octanol–water partition coefficient (Wildman–Crippen LogP) is 0.228. The molecule has 3 N–H and O–H groups in total. The van der Waals surface area contributed by atoms with E-state index in [-0.39, 0.29) is 17.6 Å². The first-order valence-electron chi connectivity index (χ1n) is 5.02. The Hall–Kier alpha value is -1.55. The van der Waals surface area contributed by atoms with Gasteiger partial charge in [0.2, 0.25) is 5.91 Å². The molecule has 0 spiro atoms. The summed E-state index contributed by atoms with van der Waals surface area (Å²) in [6.07, 6.45) is 0. The molecule has 2 rings (SSSR count). The number of phenols is 1. The minimum Gasteiger partial charge on any atom is -0.508 e. The number of aromatic hydroxyl groups is 1. The lowest BCUT2D eigenvalue weighted by atomic mass is 10.0. The molecule has 1 fully saturated rings. The minimum absolute atomic E-state index is 0.0989. The van der Waals surface area contributed by atoms with Crippen LogP contribution >= 0.6 is 0 Å². The molecular weight excluding hydrogens is 192 g/mol. The molecule has 1 heterocycles. The molecule has 15 heavy (non-hydrogen) atoms. The van der Waals surface area contributed by atoms with Gasteiger partial charge in [-0.3, -0.25) is 4.79 Å². The van der Waals surface area contributed by atoms with Crippen LogP contribution in [-0.4, -0.2) is 24.1 Å². The molecule has 0 atom stereocenters. The van der Waals surface area contributed by atoms with Crippen molar-refractivity contribution >= 4 is 5.91 Å². The molecule has 1 aliphatic heterocycles. The number of carbonyl (C=O) groups excluding carboxylic acids is 1. The van der Waals surface area contributed by atoms with Crippen molar-refractivity contribution in [1.82, 2.24) is 10.6 Å². The van der Waals surface area contributed by atoms with Crippen molar-refractivity contribution in [3.05, 3.63) is 29.8 Å². The molecule has 1 aromatic carbocycles. The van der Waals surface area contributed by atoms with Crippen molar-refractivity contribution in [2.24, 2.45) is 5.92 Å². The molecule has 1 saturated heterocycles. The van der Waals surface area contributed by atoms with Gasteiger partial charge in [-0.15, -0.1) is 0 Å². The van der Waals surface area contributed by atoms with E-state index in [4.69, 9.17) is 5.11 Å². The van der Waals surface area contributed by atoms with Gasteiger partial charge < -0.3 is 15.7 Å². The van der Waals surface area contributed by atoms with Gasteiger partial charge in [-0.25, -0.2) is 0 Å². The van der Waals surface area contributed by atoms with Crippen LogP contribution in [0.3, 0.4) is 0 Å². The fraction of sp³-hybridized carbons (Fsp3) is 0.364. The van der Waals surface area contributed by atoms with Crippen LogP contribution in [0.25, 0.3) is 0 Å². The van der Waals surface area contributed by atoms with Gasteiger partial charge in [-0.2, -0.15) is 0 Å². The second-order valence-electron chi connectivity index (χ2n) is 3.74. The molecule has 0 aliphatic carbocycles. The van der Waals surface area contributed by atoms with E-state index in [1.165, 1.54) is 0 Å². The quantitative estimate of drug-likeness (QED) is 0.663. The lowest BCUT2D eigenvalue weighted by molar-refractivity contribution is -0.126. The maximum Gasteiger partial charge on any atom is 0.225 e. The van der Waals surface area contributed by atoms with Crippen molar-refractivity contribution in [1.29, 1.82) is 0 Å². The van der Waals surface area contributed by atoms with E-state index < -0.39 is 0 Å². The van der Waals surface area contributed by atoms with Crippen LogP contribution in [-0.2, 0) is 11.3 Å². The maximum atomic E-state index is 11.5. The number of rotatable bonds is 3. The van der Waals surface area contributed by atoms with Gasteiger partial charge in [0.15, 0.2) is 0 Å². The van der Waals surface area contributed by atoms with Gasteiger partial charge in [-0.1, -0.05) is 12.1 Å². The average Bonchev–Trinajstić information content (AvgIpc) is 2.14. The molecule has 1 amide bonds. The maximum absolute atomic E-state index is 11.5. The first-order chi connectivity index (χ1) is 7.25. The van der Waals surface area contributed by atoms with E-state index in [1.807, 2.05) is 0 Å². The first-order valence-corrected chi connectivity index (χ1v) is 5.02. The summed E-state index contributed by atoms with van der Waals surface area (Å²) in [5.41, 5.74) is 0.994. The number of amides is 1. The molecule has 80 valence electrons. The number of hydrogen-bond donors (Lipinski definition) is 3. The van der Waals surface area contributed by atoms with E-state index in [2.05, 4.69) is 10.6 Å². The van der Waals surface area contributed by atoms with Gasteiger partial charge in [0, 0.05) is 19.6 Å². The van der Waals surface area contributed by atoms with Crippen molar-refractivity contribution in [2.75, 3.05) is 13.1 Å². The molecule has 1 aliphatic rings. The normalized spacial score (nSPS) is 15.7. The third-order valence-corrected chi connectivity index (χ3v) is 2.56. The number of hydrogen-bond acceptors (Lipinski definition) is 3. The summed E-state index contributed by atoms with van der Waals surface area (Å²) in [7, 11) is 0. The van der Waals surface area contributed by atoms with E-state index in [1.54, 1.807) is 24.3 Å². The molecule has 1 aromatic rings. The Morgan fingerprint density at radius 1 is 1.40 bits per heavy atom. The third kappa shape index (κ3) is 2.47. The highest BCUT2D eigenvalue weighted by atomic mass is 16.3. The van der Waals surface area contributed by atoms with Gasteiger partial charge in [-0.05, 0) is 17.7 Å². The average molecular weight is 206 g/mol. The highest BCUT2D eigenvalue weighted by molar-refractivity contribution is 5.79. The van der Waals surface area contributed by atoms with Gasteiger partial charge in [0.25, 0.3) is 0 Å². The van der Waals surface area contributed by atoms with Gasteiger partial charge in [0.1, 0.15) is 5.75 Å². The number of benzene rings is 1. The second-order valence-corrected chi connectivity index (χ2v) is 3.74. The van der Waals surface area contributed by atoms with Crippen molar-refractivity contribution in [2.45, 2.75) is 6.54 Å².